The summed E-state index contributed by atoms with van der Waals surface area (Å²) in [4.78, 5) is 0. The fourth-order valence-corrected chi connectivity index (χ4v) is 2.06. The van der Waals surface area contributed by atoms with Crippen LogP contribution in [0.15, 0.2) is 0 Å². The average molecular weight is 186 g/mol. The summed E-state index contributed by atoms with van der Waals surface area (Å²) in [5, 5.41) is 3.35. The summed E-state index contributed by atoms with van der Waals surface area (Å²) in [6.07, 6.45) is 0.787. The highest BCUT2D eigenvalue weighted by Gasteiger charge is 2.36. The van der Waals surface area contributed by atoms with Crippen molar-refractivity contribution in [1.82, 2.24) is 5.32 Å². The smallest absolute Gasteiger partial charge is 0.0594 e. The van der Waals surface area contributed by atoms with Crippen LogP contribution in [-0.2, 0) is 4.74 Å². The van der Waals surface area contributed by atoms with E-state index in [-0.39, 0.29) is 0 Å². The summed E-state index contributed by atoms with van der Waals surface area (Å²) in [6.45, 7) is 9.24. The lowest BCUT2D eigenvalue weighted by atomic mass is 9.89. The van der Waals surface area contributed by atoms with Crippen molar-refractivity contribution in [3.63, 3.8) is 0 Å². The number of nitrogens with two attached hydrogens (primary N) is 1. The molecule has 0 aliphatic carbocycles. The second-order valence-corrected chi connectivity index (χ2v) is 4.06. The van der Waals surface area contributed by atoms with E-state index in [9.17, 15) is 0 Å². The van der Waals surface area contributed by atoms with E-state index >= 15 is 0 Å². The van der Waals surface area contributed by atoms with Crippen LogP contribution in [-0.4, -0.2) is 31.8 Å². The minimum absolute atomic E-state index is 0.385. The minimum Gasteiger partial charge on any atom is -0.375 e. The van der Waals surface area contributed by atoms with Crippen LogP contribution in [0.1, 0.15) is 20.8 Å². The van der Waals surface area contributed by atoms with E-state index in [1.165, 1.54) is 0 Å². The lowest BCUT2D eigenvalue weighted by molar-refractivity contribution is 0.0512. The molecule has 3 N–H and O–H groups in total. The summed E-state index contributed by atoms with van der Waals surface area (Å²) in [5.74, 6) is 1.29. The van der Waals surface area contributed by atoms with Gasteiger partial charge in [0, 0.05) is 25.6 Å². The standard InChI is InChI=1S/C10H22N2O/c1-7-8(2)13-9(3)10(7)6-12-5-4-11/h7-10,12H,4-6,11H2,1-3H3. The number of rotatable bonds is 4. The summed E-state index contributed by atoms with van der Waals surface area (Å²) in [7, 11) is 0. The number of ether oxygens (including phenoxy) is 1. The molecule has 0 bridgehead atoms. The normalized spacial score (nSPS) is 39.7. The highest BCUT2D eigenvalue weighted by atomic mass is 16.5. The van der Waals surface area contributed by atoms with E-state index in [2.05, 4.69) is 26.1 Å². The van der Waals surface area contributed by atoms with Gasteiger partial charge in [-0.1, -0.05) is 6.92 Å². The molecule has 0 saturated carbocycles. The van der Waals surface area contributed by atoms with Crippen molar-refractivity contribution >= 4 is 0 Å². The van der Waals surface area contributed by atoms with Crippen LogP contribution in [0, 0.1) is 11.8 Å². The molecule has 0 amide bonds. The van der Waals surface area contributed by atoms with E-state index in [0.717, 1.165) is 13.1 Å². The molecular formula is C10H22N2O. The SMILES string of the molecule is CC1OC(C)C(CNCCN)C1C. The first-order valence-electron chi connectivity index (χ1n) is 5.23. The highest BCUT2D eigenvalue weighted by Crippen LogP contribution is 2.31. The van der Waals surface area contributed by atoms with E-state index in [1.807, 2.05) is 0 Å². The first kappa shape index (κ1) is 11.0. The van der Waals surface area contributed by atoms with Gasteiger partial charge in [0.25, 0.3) is 0 Å². The molecule has 13 heavy (non-hydrogen) atoms. The second kappa shape index (κ2) is 4.94. The van der Waals surface area contributed by atoms with Gasteiger partial charge < -0.3 is 15.8 Å². The summed E-state index contributed by atoms with van der Waals surface area (Å²) in [6, 6.07) is 0. The number of hydrogen-bond donors (Lipinski definition) is 2. The van der Waals surface area contributed by atoms with Crippen molar-refractivity contribution < 1.29 is 4.74 Å². The Labute approximate surface area is 81.0 Å². The minimum atomic E-state index is 0.385. The largest absolute Gasteiger partial charge is 0.375 e. The predicted molar refractivity (Wildman–Crippen MR) is 54.6 cm³/mol. The van der Waals surface area contributed by atoms with Crippen molar-refractivity contribution in [3.05, 3.63) is 0 Å². The van der Waals surface area contributed by atoms with Crippen LogP contribution < -0.4 is 11.1 Å². The molecule has 0 aromatic heterocycles. The third-order valence-corrected chi connectivity index (χ3v) is 3.15. The summed E-state index contributed by atoms with van der Waals surface area (Å²) in [5.41, 5.74) is 5.42. The summed E-state index contributed by atoms with van der Waals surface area (Å²) >= 11 is 0. The molecule has 1 fully saturated rings. The van der Waals surface area contributed by atoms with Gasteiger partial charge >= 0.3 is 0 Å². The van der Waals surface area contributed by atoms with Gasteiger partial charge in [0.2, 0.25) is 0 Å². The van der Waals surface area contributed by atoms with E-state index in [4.69, 9.17) is 10.5 Å². The predicted octanol–water partition coefficient (Wildman–Crippen LogP) is 0.594. The molecule has 4 unspecified atom stereocenters. The maximum Gasteiger partial charge on any atom is 0.0594 e. The van der Waals surface area contributed by atoms with Crippen LogP contribution in [0.4, 0.5) is 0 Å². The monoisotopic (exact) mass is 186 g/mol. The Kier molecular flexibility index (Phi) is 4.16. The Balaban J connectivity index is 2.31. The molecule has 78 valence electrons. The van der Waals surface area contributed by atoms with Gasteiger partial charge in [-0.05, 0) is 19.8 Å². The van der Waals surface area contributed by atoms with E-state index < -0.39 is 0 Å². The zero-order valence-corrected chi connectivity index (χ0v) is 8.92. The Morgan fingerprint density at radius 1 is 1.23 bits per heavy atom. The fourth-order valence-electron chi connectivity index (χ4n) is 2.06. The number of hydrogen-bond acceptors (Lipinski definition) is 3. The van der Waals surface area contributed by atoms with Gasteiger partial charge in [0.05, 0.1) is 12.2 Å². The Bertz CT molecular complexity index is 152. The molecule has 4 atom stereocenters. The van der Waals surface area contributed by atoms with Crippen molar-refractivity contribution in [2.24, 2.45) is 17.6 Å². The molecule has 3 nitrogen and oxygen atoms in total. The first-order valence-corrected chi connectivity index (χ1v) is 5.23. The van der Waals surface area contributed by atoms with Gasteiger partial charge in [-0.15, -0.1) is 0 Å². The highest BCUT2D eigenvalue weighted by molar-refractivity contribution is 4.85. The van der Waals surface area contributed by atoms with Crippen LogP contribution >= 0.6 is 0 Å². The molecule has 0 aromatic rings. The quantitative estimate of drug-likeness (QED) is 0.632. The maximum atomic E-state index is 5.75. The molecule has 1 heterocycles. The van der Waals surface area contributed by atoms with Gasteiger partial charge in [0.15, 0.2) is 0 Å². The van der Waals surface area contributed by atoms with Crippen LogP contribution in [0.5, 0.6) is 0 Å². The zero-order valence-electron chi connectivity index (χ0n) is 8.92. The van der Waals surface area contributed by atoms with Crippen LogP contribution in [0.2, 0.25) is 0 Å². The molecule has 1 aliphatic rings. The lowest BCUT2D eigenvalue weighted by Crippen LogP contribution is -2.33. The zero-order chi connectivity index (χ0) is 9.84. The third kappa shape index (κ3) is 2.66. The Morgan fingerprint density at radius 3 is 2.38 bits per heavy atom. The Morgan fingerprint density at radius 2 is 1.92 bits per heavy atom. The fraction of sp³-hybridized carbons (Fsp3) is 1.00. The van der Waals surface area contributed by atoms with Gasteiger partial charge in [-0.25, -0.2) is 0 Å². The maximum absolute atomic E-state index is 5.75. The molecule has 0 spiro atoms. The van der Waals surface area contributed by atoms with Crippen molar-refractivity contribution in [2.45, 2.75) is 33.0 Å². The van der Waals surface area contributed by atoms with Crippen molar-refractivity contribution in [2.75, 3.05) is 19.6 Å². The van der Waals surface area contributed by atoms with Crippen molar-refractivity contribution in [1.29, 1.82) is 0 Å². The molecule has 3 heteroatoms. The molecule has 1 saturated heterocycles. The molecule has 1 aliphatic heterocycles. The van der Waals surface area contributed by atoms with E-state index in [1.54, 1.807) is 0 Å². The van der Waals surface area contributed by atoms with Crippen LogP contribution in [0.3, 0.4) is 0 Å². The van der Waals surface area contributed by atoms with E-state index in [0.29, 0.717) is 30.6 Å². The van der Waals surface area contributed by atoms with Gasteiger partial charge in [0.1, 0.15) is 0 Å². The van der Waals surface area contributed by atoms with Crippen molar-refractivity contribution in [3.8, 4) is 0 Å². The molecule has 0 radical (unpaired) electrons. The molecule has 1 rings (SSSR count). The van der Waals surface area contributed by atoms with Gasteiger partial charge in [-0.3, -0.25) is 0 Å². The van der Waals surface area contributed by atoms with Gasteiger partial charge in [-0.2, -0.15) is 0 Å². The van der Waals surface area contributed by atoms with Crippen LogP contribution in [0.25, 0.3) is 0 Å². The average Bonchev–Trinajstić information content (AvgIpc) is 2.32. The Hall–Kier alpha value is -0.120. The topological polar surface area (TPSA) is 47.3 Å². The second-order valence-electron chi connectivity index (χ2n) is 4.06. The first-order chi connectivity index (χ1) is 6.16. The molecule has 0 aromatic carbocycles. The third-order valence-electron chi connectivity index (χ3n) is 3.15. The summed E-state index contributed by atoms with van der Waals surface area (Å²) < 4.78 is 5.75. The number of nitrogens with one attached hydrogen (secondary N) is 1. The lowest BCUT2D eigenvalue weighted by Gasteiger charge is -2.18. The molecular weight excluding hydrogens is 164 g/mol.